The number of benzene rings is 1. The molecule has 9 heteroatoms. The van der Waals surface area contributed by atoms with Crippen molar-refractivity contribution >= 4 is 34.0 Å². The predicted octanol–water partition coefficient (Wildman–Crippen LogP) is 4.70. The van der Waals surface area contributed by atoms with Gasteiger partial charge in [0.25, 0.3) is 0 Å². The Balaban J connectivity index is 2.70. The summed E-state index contributed by atoms with van der Waals surface area (Å²) in [4.78, 5) is 38.0. The van der Waals surface area contributed by atoms with Gasteiger partial charge in [-0.2, -0.15) is 9.28 Å². The molecule has 2 rings (SSSR count). The van der Waals surface area contributed by atoms with E-state index in [0.29, 0.717) is 5.56 Å². The fourth-order valence-electron chi connectivity index (χ4n) is 3.95. The first-order valence-electron chi connectivity index (χ1n) is 10.8. The third-order valence-corrected chi connectivity index (χ3v) is 6.09. The largest absolute Gasteiger partial charge is 0.524 e. The molecular weight excluding hydrogens is 506 g/mol. The number of quaternary nitrogens is 1. The molecule has 1 aliphatic heterocycles. The Morgan fingerprint density at radius 3 is 2.03 bits per heavy atom. The quantitative estimate of drug-likeness (QED) is 0.398. The standard InChI is InChI=1S/C25H32BrNO7/c1-23(2,3)27(22(30)31)15-17(12-19(27)21(29)33-7)25(32,14-20(28)34-24(4,5)6)13-16-8-10-18(26)11-9-16/h8-12,15,32H,13-14H2,1-7H3/p+1. The highest BCUT2D eigenvalue weighted by Gasteiger charge is 2.58. The second-order valence-corrected chi connectivity index (χ2v) is 11.3. The Kier molecular flexibility index (Phi) is 7.87. The topological polar surface area (TPSA) is 110 Å². The van der Waals surface area contributed by atoms with E-state index in [4.69, 9.17) is 9.47 Å². The Hall–Kier alpha value is -2.49. The van der Waals surface area contributed by atoms with Crippen LogP contribution in [-0.4, -0.2) is 56.6 Å². The molecule has 0 aromatic heterocycles. The van der Waals surface area contributed by atoms with E-state index in [2.05, 4.69) is 15.9 Å². The van der Waals surface area contributed by atoms with Gasteiger partial charge in [-0.1, -0.05) is 28.1 Å². The van der Waals surface area contributed by atoms with Crippen molar-refractivity contribution in [3.8, 4) is 0 Å². The molecule has 2 atom stereocenters. The van der Waals surface area contributed by atoms with Crippen molar-refractivity contribution in [2.24, 2.45) is 0 Å². The molecule has 186 valence electrons. The van der Waals surface area contributed by atoms with Crippen LogP contribution in [0.25, 0.3) is 0 Å². The molecule has 1 amide bonds. The minimum atomic E-state index is -1.85. The maximum atomic E-state index is 12.8. The van der Waals surface area contributed by atoms with E-state index >= 15 is 0 Å². The molecule has 0 saturated heterocycles. The lowest BCUT2D eigenvalue weighted by molar-refractivity contribution is -0.812. The monoisotopic (exact) mass is 538 g/mol. The van der Waals surface area contributed by atoms with Crippen LogP contribution < -0.4 is 0 Å². The van der Waals surface area contributed by atoms with Crippen molar-refractivity contribution in [1.82, 2.24) is 0 Å². The van der Waals surface area contributed by atoms with Crippen molar-refractivity contribution in [3.63, 3.8) is 0 Å². The first kappa shape index (κ1) is 27.8. The van der Waals surface area contributed by atoms with Gasteiger partial charge in [-0.15, -0.1) is 0 Å². The summed E-state index contributed by atoms with van der Waals surface area (Å²) in [6, 6.07) is 7.17. The highest BCUT2D eigenvalue weighted by atomic mass is 79.9. The number of hydrogen-bond donors (Lipinski definition) is 2. The molecule has 0 bridgehead atoms. The number of aliphatic hydroxyl groups is 1. The molecule has 1 heterocycles. The summed E-state index contributed by atoms with van der Waals surface area (Å²) in [5.41, 5.74) is -2.98. The van der Waals surface area contributed by atoms with Gasteiger partial charge in [-0.25, -0.2) is 4.79 Å². The number of esters is 2. The first-order chi connectivity index (χ1) is 15.4. The number of carboxylic acid groups (broad SMARTS) is 1. The minimum Gasteiger partial charge on any atom is -0.462 e. The van der Waals surface area contributed by atoms with E-state index in [1.807, 2.05) is 0 Å². The van der Waals surface area contributed by atoms with Gasteiger partial charge in [-0.05, 0) is 59.2 Å². The second kappa shape index (κ2) is 9.64. The lowest BCUT2D eigenvalue weighted by Crippen LogP contribution is -2.59. The van der Waals surface area contributed by atoms with Crippen molar-refractivity contribution in [2.45, 2.75) is 71.1 Å². The molecule has 1 aromatic carbocycles. The number of hydrogen-bond acceptors (Lipinski definition) is 6. The van der Waals surface area contributed by atoms with Crippen LogP contribution in [0.15, 0.2) is 52.3 Å². The molecule has 0 radical (unpaired) electrons. The lowest BCUT2D eigenvalue weighted by Gasteiger charge is -2.38. The molecule has 0 spiro atoms. The number of carbonyl (C=O) groups is 3. The fraction of sp³-hybridized carbons (Fsp3) is 0.480. The molecule has 1 aromatic rings. The van der Waals surface area contributed by atoms with Crippen LogP contribution in [0.3, 0.4) is 0 Å². The maximum Gasteiger partial charge on any atom is 0.524 e. The number of rotatable bonds is 6. The van der Waals surface area contributed by atoms with E-state index in [9.17, 15) is 24.6 Å². The van der Waals surface area contributed by atoms with E-state index < -0.39 is 45.7 Å². The summed E-state index contributed by atoms with van der Waals surface area (Å²) in [6.45, 7) is 10.1. The molecule has 8 nitrogen and oxygen atoms in total. The molecule has 2 unspecified atom stereocenters. The van der Waals surface area contributed by atoms with E-state index in [1.54, 1.807) is 65.8 Å². The Morgan fingerprint density at radius 1 is 1.03 bits per heavy atom. The van der Waals surface area contributed by atoms with Crippen molar-refractivity contribution in [3.05, 3.63) is 57.8 Å². The lowest BCUT2D eigenvalue weighted by atomic mass is 9.84. The molecule has 0 saturated carbocycles. The SMILES string of the molecule is COC(=O)C1=CC(C(O)(CC(=O)OC(C)(C)C)Cc2ccc(Br)cc2)=C[N+]1(C(=O)O)C(C)(C)C. The smallest absolute Gasteiger partial charge is 0.462 e. The van der Waals surface area contributed by atoms with Gasteiger partial charge in [0.2, 0.25) is 5.70 Å². The van der Waals surface area contributed by atoms with E-state index in [1.165, 1.54) is 12.3 Å². The molecule has 1 aliphatic rings. The highest BCUT2D eigenvalue weighted by molar-refractivity contribution is 9.10. The van der Waals surface area contributed by atoms with E-state index in [0.717, 1.165) is 11.6 Å². The normalized spacial score (nSPS) is 20.1. The molecule has 0 fully saturated rings. The second-order valence-electron chi connectivity index (χ2n) is 10.4. The first-order valence-corrected chi connectivity index (χ1v) is 11.6. The van der Waals surface area contributed by atoms with Crippen molar-refractivity contribution in [1.29, 1.82) is 0 Å². The molecule has 34 heavy (non-hydrogen) atoms. The number of nitrogens with zero attached hydrogens (tertiary/aromatic N) is 1. The van der Waals surface area contributed by atoms with Gasteiger partial charge >= 0.3 is 18.0 Å². The number of halogens is 1. The van der Waals surface area contributed by atoms with Crippen LogP contribution in [0.5, 0.6) is 0 Å². The summed E-state index contributed by atoms with van der Waals surface area (Å²) in [5, 5.41) is 22.1. The predicted molar refractivity (Wildman–Crippen MR) is 129 cm³/mol. The van der Waals surface area contributed by atoms with E-state index in [-0.39, 0.29) is 17.7 Å². The molecular formula is C25H33BrNO7+. The van der Waals surface area contributed by atoms with Crippen LogP contribution in [0.2, 0.25) is 0 Å². The summed E-state index contributed by atoms with van der Waals surface area (Å²) in [6.07, 6.45) is 0.857. The van der Waals surface area contributed by atoms with Crippen LogP contribution in [0.4, 0.5) is 4.79 Å². The number of amides is 1. The average Bonchev–Trinajstić information content (AvgIpc) is 3.10. The zero-order chi connectivity index (χ0) is 26.1. The summed E-state index contributed by atoms with van der Waals surface area (Å²) in [7, 11) is 1.16. The average molecular weight is 539 g/mol. The van der Waals surface area contributed by atoms with Crippen LogP contribution in [-0.2, 0) is 25.5 Å². The van der Waals surface area contributed by atoms with Crippen molar-refractivity contribution < 1.29 is 38.6 Å². The summed E-state index contributed by atoms with van der Waals surface area (Å²) in [5.74, 6) is -1.50. The number of methoxy groups -OCH3 is 1. The Labute approximate surface area is 208 Å². The Morgan fingerprint density at radius 2 is 1.59 bits per heavy atom. The molecule has 2 N–H and O–H groups in total. The summed E-state index contributed by atoms with van der Waals surface area (Å²) >= 11 is 3.37. The third kappa shape index (κ3) is 5.76. The highest BCUT2D eigenvalue weighted by Crippen LogP contribution is 2.43. The van der Waals surface area contributed by atoms with Gasteiger partial charge in [-0.3, -0.25) is 4.79 Å². The van der Waals surface area contributed by atoms with Gasteiger partial charge in [0.1, 0.15) is 22.9 Å². The van der Waals surface area contributed by atoms with Gasteiger partial charge < -0.3 is 19.7 Å². The fourth-order valence-corrected chi connectivity index (χ4v) is 4.21. The van der Waals surface area contributed by atoms with Crippen molar-refractivity contribution in [2.75, 3.05) is 7.11 Å². The number of ether oxygens (including phenoxy) is 2. The van der Waals surface area contributed by atoms with Crippen LogP contribution in [0, 0.1) is 0 Å². The Bertz CT molecular complexity index is 1030. The van der Waals surface area contributed by atoms with Gasteiger partial charge in [0.05, 0.1) is 13.5 Å². The van der Waals surface area contributed by atoms with Gasteiger partial charge in [0.15, 0.2) is 0 Å². The molecule has 0 aliphatic carbocycles. The third-order valence-electron chi connectivity index (χ3n) is 5.56. The number of carbonyl (C=O) groups excluding carboxylic acids is 2. The summed E-state index contributed by atoms with van der Waals surface area (Å²) < 4.78 is 10.3. The maximum absolute atomic E-state index is 12.8. The van der Waals surface area contributed by atoms with Gasteiger partial charge in [0, 0.05) is 22.5 Å². The van der Waals surface area contributed by atoms with Crippen LogP contribution in [0.1, 0.15) is 53.5 Å². The van der Waals surface area contributed by atoms with Crippen LogP contribution >= 0.6 is 15.9 Å². The zero-order valence-corrected chi connectivity index (χ0v) is 22.2. The zero-order valence-electron chi connectivity index (χ0n) is 20.6. The minimum absolute atomic E-state index is 0.0138.